The molecule has 1 aliphatic heterocycles. The number of hydrogen-bond acceptors (Lipinski definition) is 8. The minimum absolute atomic E-state index is 0.0680. The molecule has 1 fully saturated rings. The monoisotopic (exact) mass is 517 g/mol. The van der Waals surface area contributed by atoms with Crippen molar-refractivity contribution in [1.82, 2.24) is 9.88 Å². The van der Waals surface area contributed by atoms with Gasteiger partial charge in [0.15, 0.2) is 15.0 Å². The molecule has 2 heterocycles. The number of nitrogens with zero attached hydrogens (tertiary/aromatic N) is 3. The summed E-state index contributed by atoms with van der Waals surface area (Å²) in [5.74, 6) is 0.562. The van der Waals surface area contributed by atoms with Crippen LogP contribution in [0.2, 0.25) is 0 Å². The molecular weight excluding hydrogens is 486 g/mol. The predicted octanol–water partition coefficient (Wildman–Crippen LogP) is 3.61. The van der Waals surface area contributed by atoms with Crippen LogP contribution in [0.3, 0.4) is 0 Å². The second-order valence-corrected chi connectivity index (χ2v) is 11.5. The molecule has 4 rings (SSSR count). The van der Waals surface area contributed by atoms with Gasteiger partial charge in [0.2, 0.25) is 5.91 Å². The highest BCUT2D eigenvalue weighted by molar-refractivity contribution is 7.91. The summed E-state index contributed by atoms with van der Waals surface area (Å²) in [7, 11) is -1.80. The summed E-state index contributed by atoms with van der Waals surface area (Å²) in [5, 5.41) is 0.631. The van der Waals surface area contributed by atoms with Gasteiger partial charge in [-0.05, 0) is 43.2 Å². The molecule has 0 aliphatic carbocycles. The van der Waals surface area contributed by atoms with E-state index in [1.165, 1.54) is 11.3 Å². The van der Waals surface area contributed by atoms with Gasteiger partial charge in [-0.2, -0.15) is 0 Å². The lowest BCUT2D eigenvalue weighted by atomic mass is 10.2. The van der Waals surface area contributed by atoms with Crippen molar-refractivity contribution in [2.45, 2.75) is 24.2 Å². The van der Waals surface area contributed by atoms with Gasteiger partial charge in [-0.1, -0.05) is 29.5 Å². The predicted molar refractivity (Wildman–Crippen MR) is 138 cm³/mol. The molecule has 0 radical (unpaired) electrons. The van der Waals surface area contributed by atoms with Crippen molar-refractivity contribution in [1.29, 1.82) is 0 Å². The first-order valence-corrected chi connectivity index (χ1v) is 14.3. The lowest BCUT2D eigenvalue weighted by Crippen LogP contribution is -2.39. The summed E-state index contributed by atoms with van der Waals surface area (Å²) >= 11 is 1.45. The number of ether oxygens (including phenoxy) is 2. The Bertz CT molecular complexity index is 1220. The Morgan fingerprint density at radius 1 is 1.14 bits per heavy atom. The normalized spacial score (nSPS) is 14.8. The summed E-state index contributed by atoms with van der Waals surface area (Å²) in [4.78, 5) is 22.3. The molecule has 1 aliphatic rings. The molecule has 1 amide bonds. The van der Waals surface area contributed by atoms with Gasteiger partial charge in [0.05, 0.1) is 41.2 Å². The van der Waals surface area contributed by atoms with E-state index in [0.29, 0.717) is 11.7 Å². The average molecular weight is 518 g/mol. The van der Waals surface area contributed by atoms with Crippen molar-refractivity contribution in [3.63, 3.8) is 0 Å². The van der Waals surface area contributed by atoms with E-state index in [-0.39, 0.29) is 29.4 Å². The van der Waals surface area contributed by atoms with Gasteiger partial charge in [-0.15, -0.1) is 0 Å². The SMILES string of the molecule is COc1ccc2nc(N(CCCN3CCOCC3)C(=O)CCCS(=O)(=O)c3ccccc3)sc2c1. The maximum Gasteiger partial charge on any atom is 0.228 e. The number of anilines is 1. The van der Waals surface area contributed by atoms with Gasteiger partial charge >= 0.3 is 0 Å². The second kappa shape index (κ2) is 11.9. The van der Waals surface area contributed by atoms with Crippen LogP contribution in [0.1, 0.15) is 19.3 Å². The molecule has 2 aromatic carbocycles. The number of carbonyl (C=O) groups excluding carboxylic acids is 1. The van der Waals surface area contributed by atoms with Gasteiger partial charge < -0.3 is 9.47 Å². The Balaban J connectivity index is 1.44. The van der Waals surface area contributed by atoms with E-state index in [1.54, 1.807) is 42.3 Å². The van der Waals surface area contributed by atoms with Crippen molar-refractivity contribution in [2.75, 3.05) is 57.2 Å². The summed E-state index contributed by atoms with van der Waals surface area (Å²) in [6.07, 6.45) is 1.20. The molecule has 0 saturated carbocycles. The maximum atomic E-state index is 13.3. The molecule has 8 nitrogen and oxygen atoms in total. The maximum absolute atomic E-state index is 13.3. The van der Waals surface area contributed by atoms with Crippen molar-refractivity contribution in [2.24, 2.45) is 0 Å². The van der Waals surface area contributed by atoms with Crippen molar-refractivity contribution < 1.29 is 22.7 Å². The number of benzene rings is 2. The molecular formula is C25H31N3O5S2. The summed E-state index contributed by atoms with van der Waals surface area (Å²) in [6.45, 7) is 4.65. The number of aromatic nitrogens is 1. The lowest BCUT2D eigenvalue weighted by Gasteiger charge is -2.27. The quantitative estimate of drug-likeness (QED) is 0.384. The zero-order chi connectivity index (χ0) is 24.7. The average Bonchev–Trinajstić information content (AvgIpc) is 3.30. The number of amides is 1. The minimum atomic E-state index is -3.42. The largest absolute Gasteiger partial charge is 0.497 e. The summed E-state index contributed by atoms with van der Waals surface area (Å²) < 4.78 is 36.9. The highest BCUT2D eigenvalue weighted by Gasteiger charge is 2.22. The third-order valence-corrected chi connectivity index (χ3v) is 8.84. The summed E-state index contributed by atoms with van der Waals surface area (Å²) in [5.41, 5.74) is 0.809. The molecule has 1 saturated heterocycles. The molecule has 0 unspecified atom stereocenters. The third kappa shape index (κ3) is 6.78. The molecule has 0 bridgehead atoms. The van der Waals surface area contributed by atoms with E-state index in [1.807, 2.05) is 18.2 Å². The Labute approximate surface area is 210 Å². The summed E-state index contributed by atoms with van der Waals surface area (Å²) in [6, 6.07) is 14.0. The fraction of sp³-hybridized carbons (Fsp3) is 0.440. The molecule has 188 valence electrons. The van der Waals surface area contributed by atoms with Crippen LogP contribution in [-0.4, -0.2) is 76.5 Å². The first kappa shape index (κ1) is 25.6. The van der Waals surface area contributed by atoms with Crippen molar-refractivity contribution >= 4 is 42.4 Å². The van der Waals surface area contributed by atoms with Crippen molar-refractivity contribution in [3.8, 4) is 5.75 Å². The van der Waals surface area contributed by atoms with Crippen LogP contribution < -0.4 is 9.64 Å². The number of methoxy groups -OCH3 is 1. The Morgan fingerprint density at radius 2 is 1.91 bits per heavy atom. The second-order valence-electron chi connectivity index (χ2n) is 8.42. The van der Waals surface area contributed by atoms with Gasteiger partial charge in [0.25, 0.3) is 0 Å². The highest BCUT2D eigenvalue weighted by Crippen LogP contribution is 2.32. The van der Waals surface area contributed by atoms with E-state index >= 15 is 0 Å². The molecule has 0 atom stereocenters. The first-order valence-electron chi connectivity index (χ1n) is 11.8. The fourth-order valence-corrected chi connectivity index (χ4v) is 6.40. The standard InChI is InChI=1S/C25H31N3O5S2/c1-32-20-10-11-22-23(19-20)34-25(26-22)28(13-6-12-27-14-16-33-17-15-27)24(29)9-5-18-35(30,31)21-7-3-2-4-8-21/h2-4,7-8,10-11,19H,5-6,9,12-18H2,1H3. The van der Waals surface area contributed by atoms with Gasteiger partial charge in [-0.25, -0.2) is 13.4 Å². The zero-order valence-corrected chi connectivity index (χ0v) is 21.5. The minimum Gasteiger partial charge on any atom is -0.497 e. The molecule has 35 heavy (non-hydrogen) atoms. The van der Waals surface area contributed by atoms with E-state index in [0.717, 1.165) is 55.2 Å². The van der Waals surface area contributed by atoms with Crippen LogP contribution in [0.4, 0.5) is 5.13 Å². The number of morpholine rings is 1. The van der Waals surface area contributed by atoms with Crippen LogP contribution in [0.5, 0.6) is 5.75 Å². The Morgan fingerprint density at radius 3 is 2.66 bits per heavy atom. The lowest BCUT2D eigenvalue weighted by molar-refractivity contribution is -0.118. The van der Waals surface area contributed by atoms with Crippen LogP contribution in [0.15, 0.2) is 53.4 Å². The Hall–Kier alpha value is -2.53. The highest BCUT2D eigenvalue weighted by atomic mass is 32.2. The van der Waals surface area contributed by atoms with Crippen LogP contribution in [0.25, 0.3) is 10.2 Å². The fourth-order valence-electron chi connectivity index (χ4n) is 4.03. The van der Waals surface area contributed by atoms with Gasteiger partial charge in [-0.3, -0.25) is 14.6 Å². The van der Waals surface area contributed by atoms with Gasteiger partial charge in [0, 0.05) is 32.6 Å². The van der Waals surface area contributed by atoms with Crippen LogP contribution in [0, 0.1) is 0 Å². The third-order valence-electron chi connectivity index (χ3n) is 5.98. The van der Waals surface area contributed by atoms with E-state index < -0.39 is 9.84 Å². The van der Waals surface area contributed by atoms with Gasteiger partial charge in [0.1, 0.15) is 5.75 Å². The number of hydrogen-bond donors (Lipinski definition) is 0. The molecule has 0 spiro atoms. The van der Waals surface area contributed by atoms with E-state index in [9.17, 15) is 13.2 Å². The number of carbonyl (C=O) groups is 1. The zero-order valence-electron chi connectivity index (χ0n) is 19.9. The number of rotatable bonds is 11. The first-order chi connectivity index (χ1) is 17.0. The Kier molecular flexibility index (Phi) is 8.72. The number of fused-ring (bicyclic) bond motifs is 1. The molecule has 1 aromatic heterocycles. The molecule has 0 N–H and O–H groups in total. The molecule has 10 heteroatoms. The van der Waals surface area contributed by atoms with Crippen molar-refractivity contribution in [3.05, 3.63) is 48.5 Å². The number of sulfone groups is 1. The molecule has 3 aromatic rings. The van der Waals surface area contributed by atoms with E-state index in [4.69, 9.17) is 14.5 Å². The van der Waals surface area contributed by atoms with E-state index in [2.05, 4.69) is 4.90 Å². The number of thiazole rings is 1. The van der Waals surface area contributed by atoms with Crippen LogP contribution in [-0.2, 0) is 19.4 Å². The topological polar surface area (TPSA) is 89.0 Å². The van der Waals surface area contributed by atoms with Crippen LogP contribution >= 0.6 is 11.3 Å². The smallest absolute Gasteiger partial charge is 0.228 e.